The van der Waals surface area contributed by atoms with Crippen LogP contribution in [-0.4, -0.2) is 29.6 Å². The number of hydrogen-bond acceptors (Lipinski definition) is 5. The third-order valence-corrected chi connectivity index (χ3v) is 7.52. The van der Waals surface area contributed by atoms with Gasteiger partial charge in [0.25, 0.3) is 5.56 Å². The van der Waals surface area contributed by atoms with Crippen LogP contribution in [0.1, 0.15) is 39.5 Å². The van der Waals surface area contributed by atoms with E-state index in [9.17, 15) is 18.0 Å². The summed E-state index contributed by atoms with van der Waals surface area (Å²) in [6.07, 6.45) is 3.63. The normalized spacial score (nSPS) is 19.7. The molecular formula is C19H26N4O4S. The first kappa shape index (κ1) is 19.4. The topological polar surface area (TPSA) is 116 Å². The van der Waals surface area contributed by atoms with Crippen LogP contribution in [0.3, 0.4) is 0 Å². The standard InChI is InChI=1S/C19H26N4O4S/c1-18(5-6-18)12-23-15-4-3-13(28(26,27)21-19(2)7-8-19)11-14(15)16(24)22(10-9-20)17(23)25/h3-4,11,21H,5-10,12,20H2,1-2H3. The fourth-order valence-corrected chi connectivity index (χ4v) is 4.97. The van der Waals surface area contributed by atoms with E-state index in [0.717, 1.165) is 30.3 Å². The molecule has 2 aliphatic rings. The SMILES string of the molecule is CC1(Cn2c(=O)n(CCN)c(=O)c3cc(S(=O)(=O)NC4(C)CC4)ccc32)CC1. The second kappa shape index (κ2) is 6.27. The van der Waals surface area contributed by atoms with Crippen molar-refractivity contribution in [1.82, 2.24) is 13.9 Å². The molecule has 0 saturated heterocycles. The molecule has 1 heterocycles. The summed E-state index contributed by atoms with van der Waals surface area (Å²) in [5.41, 5.74) is 4.79. The molecule has 9 heteroatoms. The number of nitrogens with zero attached hydrogens (tertiary/aromatic N) is 2. The average Bonchev–Trinajstić information content (AvgIpc) is 3.54. The minimum atomic E-state index is -3.74. The molecule has 4 rings (SSSR count). The Morgan fingerprint density at radius 2 is 1.79 bits per heavy atom. The lowest BCUT2D eigenvalue weighted by atomic mass is 10.1. The molecule has 0 bridgehead atoms. The Bertz CT molecular complexity index is 1170. The van der Waals surface area contributed by atoms with Crippen molar-refractivity contribution < 1.29 is 8.42 Å². The maximum Gasteiger partial charge on any atom is 0.331 e. The maximum atomic E-state index is 12.9. The predicted octanol–water partition coefficient (Wildman–Crippen LogP) is 0.753. The highest BCUT2D eigenvalue weighted by molar-refractivity contribution is 7.89. The van der Waals surface area contributed by atoms with Crippen molar-refractivity contribution in [2.75, 3.05) is 6.54 Å². The van der Waals surface area contributed by atoms with E-state index in [1.165, 1.54) is 12.1 Å². The van der Waals surface area contributed by atoms with E-state index >= 15 is 0 Å². The van der Waals surface area contributed by atoms with Crippen LogP contribution in [0.25, 0.3) is 10.9 Å². The fourth-order valence-electron chi connectivity index (χ4n) is 3.48. The summed E-state index contributed by atoms with van der Waals surface area (Å²) in [5, 5.41) is 0.223. The van der Waals surface area contributed by atoms with Gasteiger partial charge in [-0.05, 0) is 56.2 Å². The van der Waals surface area contributed by atoms with E-state index in [0.29, 0.717) is 12.1 Å². The molecule has 28 heavy (non-hydrogen) atoms. The Hall–Kier alpha value is -1.97. The van der Waals surface area contributed by atoms with Crippen molar-refractivity contribution in [3.8, 4) is 0 Å². The lowest BCUT2D eigenvalue weighted by Crippen LogP contribution is -2.42. The molecular weight excluding hydrogens is 380 g/mol. The van der Waals surface area contributed by atoms with Gasteiger partial charge in [-0.25, -0.2) is 17.9 Å². The van der Waals surface area contributed by atoms with Crippen molar-refractivity contribution in [1.29, 1.82) is 0 Å². The molecule has 2 saturated carbocycles. The monoisotopic (exact) mass is 406 g/mol. The predicted molar refractivity (Wildman–Crippen MR) is 107 cm³/mol. The zero-order valence-electron chi connectivity index (χ0n) is 16.2. The van der Waals surface area contributed by atoms with Gasteiger partial charge in [-0.1, -0.05) is 6.92 Å². The molecule has 0 aliphatic heterocycles. The molecule has 1 aromatic carbocycles. The Kier molecular flexibility index (Phi) is 4.33. The minimum absolute atomic E-state index is 0.0346. The first-order valence-corrected chi connectivity index (χ1v) is 11.1. The highest BCUT2D eigenvalue weighted by Crippen LogP contribution is 2.46. The van der Waals surface area contributed by atoms with Crippen molar-refractivity contribution in [3.63, 3.8) is 0 Å². The van der Waals surface area contributed by atoms with Gasteiger partial charge in [0.05, 0.1) is 15.8 Å². The first-order chi connectivity index (χ1) is 13.1. The number of aromatic nitrogens is 2. The number of nitrogens with two attached hydrogens (primary N) is 1. The second-order valence-corrected chi connectivity index (χ2v) is 10.5. The number of fused-ring (bicyclic) bond motifs is 1. The average molecular weight is 407 g/mol. The molecule has 0 amide bonds. The molecule has 0 spiro atoms. The second-order valence-electron chi connectivity index (χ2n) is 8.77. The van der Waals surface area contributed by atoms with Crippen molar-refractivity contribution in [2.45, 2.75) is 63.1 Å². The molecule has 2 aliphatic carbocycles. The van der Waals surface area contributed by atoms with Gasteiger partial charge in [-0.15, -0.1) is 0 Å². The number of nitrogens with one attached hydrogen (secondary N) is 1. The highest BCUT2D eigenvalue weighted by atomic mass is 32.2. The molecule has 2 fully saturated rings. The first-order valence-electron chi connectivity index (χ1n) is 9.59. The van der Waals surface area contributed by atoms with E-state index in [1.54, 1.807) is 10.6 Å². The molecule has 0 atom stereocenters. The zero-order chi connectivity index (χ0) is 20.3. The smallest absolute Gasteiger partial charge is 0.329 e. The van der Waals surface area contributed by atoms with Crippen LogP contribution in [0.4, 0.5) is 0 Å². The highest BCUT2D eigenvalue weighted by Gasteiger charge is 2.41. The Balaban J connectivity index is 1.90. The molecule has 0 radical (unpaired) electrons. The van der Waals surface area contributed by atoms with E-state index < -0.39 is 26.8 Å². The van der Waals surface area contributed by atoms with E-state index in [1.807, 2.05) is 6.92 Å². The quantitative estimate of drug-likeness (QED) is 0.704. The largest absolute Gasteiger partial charge is 0.331 e. The summed E-state index contributed by atoms with van der Waals surface area (Å²) < 4.78 is 30.9. The lowest BCUT2D eigenvalue weighted by Gasteiger charge is -2.18. The fraction of sp³-hybridized carbons (Fsp3) is 0.579. The van der Waals surface area contributed by atoms with Crippen LogP contribution in [0, 0.1) is 5.41 Å². The summed E-state index contributed by atoms with van der Waals surface area (Å²) >= 11 is 0. The van der Waals surface area contributed by atoms with Crippen LogP contribution in [0.15, 0.2) is 32.7 Å². The van der Waals surface area contributed by atoms with Gasteiger partial charge >= 0.3 is 5.69 Å². The summed E-state index contributed by atoms with van der Waals surface area (Å²) in [7, 11) is -3.74. The maximum absolute atomic E-state index is 12.9. The summed E-state index contributed by atoms with van der Waals surface area (Å²) in [5.74, 6) is 0. The number of benzene rings is 1. The molecule has 3 N–H and O–H groups in total. The molecule has 1 aromatic heterocycles. The summed E-state index contributed by atoms with van der Waals surface area (Å²) in [6, 6.07) is 4.42. The minimum Gasteiger partial charge on any atom is -0.329 e. The van der Waals surface area contributed by atoms with Gasteiger partial charge in [0, 0.05) is 25.2 Å². The lowest BCUT2D eigenvalue weighted by molar-refractivity contribution is 0.444. The van der Waals surface area contributed by atoms with Crippen molar-refractivity contribution in [3.05, 3.63) is 39.0 Å². The van der Waals surface area contributed by atoms with Crippen LogP contribution >= 0.6 is 0 Å². The molecule has 0 unspecified atom stereocenters. The van der Waals surface area contributed by atoms with Crippen LogP contribution in [0.2, 0.25) is 0 Å². The Morgan fingerprint density at radius 1 is 1.11 bits per heavy atom. The third kappa shape index (κ3) is 3.42. The van der Waals surface area contributed by atoms with Crippen LogP contribution in [-0.2, 0) is 23.1 Å². The van der Waals surface area contributed by atoms with Crippen molar-refractivity contribution >= 4 is 20.9 Å². The third-order valence-electron chi connectivity index (χ3n) is 5.88. The van der Waals surface area contributed by atoms with Gasteiger partial charge in [-0.3, -0.25) is 13.9 Å². The summed E-state index contributed by atoms with van der Waals surface area (Å²) in [4.78, 5) is 25.9. The number of sulfonamides is 1. The van der Waals surface area contributed by atoms with Gasteiger partial charge in [0.1, 0.15) is 0 Å². The molecule has 8 nitrogen and oxygen atoms in total. The van der Waals surface area contributed by atoms with Gasteiger partial charge in [0.2, 0.25) is 10.0 Å². The molecule has 152 valence electrons. The van der Waals surface area contributed by atoms with Crippen molar-refractivity contribution in [2.24, 2.45) is 11.1 Å². The van der Waals surface area contributed by atoms with E-state index in [2.05, 4.69) is 11.6 Å². The summed E-state index contributed by atoms with van der Waals surface area (Å²) in [6.45, 7) is 4.69. The number of rotatable bonds is 7. The van der Waals surface area contributed by atoms with Gasteiger partial charge in [0.15, 0.2) is 0 Å². The van der Waals surface area contributed by atoms with Crippen LogP contribution in [0.5, 0.6) is 0 Å². The van der Waals surface area contributed by atoms with Gasteiger partial charge in [-0.2, -0.15) is 0 Å². The number of hydrogen-bond donors (Lipinski definition) is 2. The van der Waals surface area contributed by atoms with Crippen LogP contribution < -0.4 is 21.7 Å². The zero-order valence-corrected chi connectivity index (χ0v) is 17.0. The molecule has 2 aromatic rings. The van der Waals surface area contributed by atoms with Gasteiger partial charge < -0.3 is 5.73 Å². The Labute approximate surface area is 163 Å². The van der Waals surface area contributed by atoms with E-state index in [4.69, 9.17) is 5.73 Å². The van der Waals surface area contributed by atoms with E-state index in [-0.39, 0.29) is 28.8 Å². The Morgan fingerprint density at radius 3 is 2.36 bits per heavy atom.